The smallest absolute Gasteiger partial charge is 0.274 e. The molecular formula is C16H23N7O4S. The molecule has 0 aliphatic carbocycles. The number of carbonyl (C=O) groups excluding carboxylic acids is 1. The lowest BCUT2D eigenvalue weighted by atomic mass is 10.1. The first-order valence-corrected chi connectivity index (χ1v) is 10.7. The van der Waals surface area contributed by atoms with Gasteiger partial charge in [-0.15, -0.1) is 5.10 Å². The van der Waals surface area contributed by atoms with Crippen LogP contribution in [0.5, 0.6) is 0 Å². The van der Waals surface area contributed by atoms with E-state index >= 15 is 0 Å². The number of morpholine rings is 1. The van der Waals surface area contributed by atoms with Gasteiger partial charge in [0.2, 0.25) is 21.9 Å². The minimum Gasteiger partial charge on any atom is -0.379 e. The molecule has 12 heteroatoms. The first-order valence-electron chi connectivity index (χ1n) is 9.29. The third-order valence-corrected chi connectivity index (χ3v) is 6.73. The van der Waals surface area contributed by atoms with Gasteiger partial charge in [0.05, 0.1) is 13.2 Å². The number of piperidine rings is 1. The summed E-state index contributed by atoms with van der Waals surface area (Å²) >= 11 is 0. The molecule has 0 aromatic carbocycles. The lowest BCUT2D eigenvalue weighted by Gasteiger charge is -2.25. The van der Waals surface area contributed by atoms with Crippen molar-refractivity contribution in [2.75, 3.05) is 49.6 Å². The van der Waals surface area contributed by atoms with Crippen LogP contribution in [0, 0.1) is 0 Å². The number of nitrogens with zero attached hydrogens (tertiary/aromatic N) is 4. The lowest BCUT2D eigenvalue weighted by Crippen LogP contribution is -2.40. The molecule has 2 saturated heterocycles. The summed E-state index contributed by atoms with van der Waals surface area (Å²) in [7, 11) is -3.66. The fourth-order valence-electron chi connectivity index (χ4n) is 3.31. The third kappa shape index (κ3) is 3.88. The number of ether oxygens (including phenoxy) is 1. The Hall–Kier alpha value is -2.44. The van der Waals surface area contributed by atoms with E-state index in [0.29, 0.717) is 32.3 Å². The number of nitrogens with one attached hydrogen (secondary N) is 3. The van der Waals surface area contributed by atoms with Gasteiger partial charge in [-0.3, -0.25) is 10.1 Å². The van der Waals surface area contributed by atoms with Crippen LogP contribution in [0.4, 0.5) is 11.9 Å². The second-order valence-corrected chi connectivity index (χ2v) is 8.69. The van der Waals surface area contributed by atoms with E-state index in [2.05, 4.69) is 30.4 Å². The van der Waals surface area contributed by atoms with Crippen LogP contribution in [0.25, 0.3) is 0 Å². The van der Waals surface area contributed by atoms with Crippen LogP contribution in [0.2, 0.25) is 0 Å². The van der Waals surface area contributed by atoms with Gasteiger partial charge < -0.3 is 14.6 Å². The van der Waals surface area contributed by atoms with E-state index in [4.69, 9.17) is 4.74 Å². The number of aromatic amines is 2. The van der Waals surface area contributed by atoms with E-state index in [9.17, 15) is 13.2 Å². The van der Waals surface area contributed by atoms with E-state index in [1.165, 1.54) is 23.0 Å². The van der Waals surface area contributed by atoms with Crippen molar-refractivity contribution < 1.29 is 17.9 Å². The molecule has 2 aliphatic rings. The monoisotopic (exact) mass is 409 g/mol. The average molecular weight is 409 g/mol. The molecule has 2 fully saturated rings. The number of H-pyrrole nitrogens is 2. The molecule has 1 amide bonds. The maximum absolute atomic E-state index is 12.6. The molecular weight excluding hydrogens is 386 g/mol. The molecule has 2 aromatic rings. The van der Waals surface area contributed by atoms with Crippen molar-refractivity contribution in [2.24, 2.45) is 0 Å². The Bertz CT molecular complexity index is 926. The molecule has 28 heavy (non-hydrogen) atoms. The van der Waals surface area contributed by atoms with Gasteiger partial charge in [-0.1, -0.05) is 0 Å². The summed E-state index contributed by atoms with van der Waals surface area (Å²) in [6.07, 6.45) is 4.71. The molecule has 2 aliphatic heterocycles. The van der Waals surface area contributed by atoms with Crippen LogP contribution in [-0.2, 0) is 14.8 Å². The number of rotatable bonds is 5. The molecule has 4 rings (SSSR count). The summed E-state index contributed by atoms with van der Waals surface area (Å²) in [6.45, 7) is 3.11. The topological polar surface area (TPSA) is 136 Å². The number of sulfonamides is 1. The van der Waals surface area contributed by atoms with Gasteiger partial charge >= 0.3 is 0 Å². The number of amides is 1. The molecule has 152 valence electrons. The third-order valence-electron chi connectivity index (χ3n) is 4.85. The van der Waals surface area contributed by atoms with Crippen molar-refractivity contribution in [3.63, 3.8) is 0 Å². The van der Waals surface area contributed by atoms with Crippen LogP contribution in [0.1, 0.15) is 29.8 Å². The number of hydrogen-bond acceptors (Lipinski definition) is 7. The van der Waals surface area contributed by atoms with Crippen molar-refractivity contribution in [3.05, 3.63) is 18.0 Å². The highest BCUT2D eigenvalue weighted by Crippen LogP contribution is 2.19. The maximum Gasteiger partial charge on any atom is 0.274 e. The average Bonchev–Trinajstić information content (AvgIpc) is 3.40. The van der Waals surface area contributed by atoms with Crippen molar-refractivity contribution in [3.8, 4) is 0 Å². The molecule has 3 N–H and O–H groups in total. The second-order valence-electron chi connectivity index (χ2n) is 6.75. The van der Waals surface area contributed by atoms with Gasteiger partial charge in [0.25, 0.3) is 5.91 Å². The van der Waals surface area contributed by atoms with Crippen molar-refractivity contribution in [2.45, 2.75) is 24.2 Å². The minimum absolute atomic E-state index is 0.0473. The Morgan fingerprint density at radius 3 is 2.64 bits per heavy atom. The van der Waals surface area contributed by atoms with Gasteiger partial charge in [0, 0.05) is 32.4 Å². The summed E-state index contributed by atoms with van der Waals surface area (Å²) < 4.78 is 31.8. The molecule has 0 bridgehead atoms. The highest BCUT2D eigenvalue weighted by atomic mass is 32.2. The van der Waals surface area contributed by atoms with Gasteiger partial charge in [-0.25, -0.2) is 13.5 Å². The highest BCUT2D eigenvalue weighted by molar-refractivity contribution is 7.89. The van der Waals surface area contributed by atoms with Crippen LogP contribution in [0.3, 0.4) is 0 Å². The largest absolute Gasteiger partial charge is 0.379 e. The molecule has 4 heterocycles. The SMILES string of the molecule is O=C(Nc1nc(N2CCCCC2)n[nH]1)c1cc(S(=O)(=O)N2CCOCC2)c[nH]1. The predicted molar refractivity (Wildman–Crippen MR) is 101 cm³/mol. The summed E-state index contributed by atoms with van der Waals surface area (Å²) in [6, 6.07) is 1.32. The van der Waals surface area contributed by atoms with E-state index < -0.39 is 15.9 Å². The van der Waals surface area contributed by atoms with Gasteiger partial charge in [0.1, 0.15) is 10.6 Å². The Morgan fingerprint density at radius 1 is 1.14 bits per heavy atom. The van der Waals surface area contributed by atoms with E-state index in [1.54, 1.807) is 0 Å². The van der Waals surface area contributed by atoms with Crippen LogP contribution >= 0.6 is 0 Å². The lowest BCUT2D eigenvalue weighted by molar-refractivity contribution is 0.0730. The normalized spacial score (nSPS) is 18.9. The highest BCUT2D eigenvalue weighted by Gasteiger charge is 2.28. The van der Waals surface area contributed by atoms with E-state index in [1.807, 2.05) is 0 Å². The Balaban J connectivity index is 1.42. The zero-order valence-corrected chi connectivity index (χ0v) is 16.2. The molecule has 0 saturated carbocycles. The zero-order valence-electron chi connectivity index (χ0n) is 15.3. The number of carbonyl (C=O) groups is 1. The summed E-state index contributed by atoms with van der Waals surface area (Å²) in [4.78, 5) is 21.6. The summed E-state index contributed by atoms with van der Waals surface area (Å²) in [5.41, 5.74) is 0.128. The maximum atomic E-state index is 12.6. The van der Waals surface area contributed by atoms with Gasteiger partial charge in [0.15, 0.2) is 0 Å². The van der Waals surface area contributed by atoms with Gasteiger partial charge in [-0.05, 0) is 25.3 Å². The van der Waals surface area contributed by atoms with E-state index in [0.717, 1.165) is 25.9 Å². The molecule has 0 radical (unpaired) electrons. The number of aromatic nitrogens is 4. The predicted octanol–water partition coefficient (Wildman–Crippen LogP) is 0.396. The Labute approximate surface area is 162 Å². The zero-order chi connectivity index (χ0) is 19.6. The Kier molecular flexibility index (Phi) is 5.33. The van der Waals surface area contributed by atoms with Gasteiger partial charge in [-0.2, -0.15) is 9.29 Å². The standard InChI is InChI=1S/C16H23N7O4S/c24-14(18-15-19-16(21-20-15)22-4-2-1-3-5-22)13-10-12(11-17-13)28(25,26)23-6-8-27-9-7-23/h10-11,17H,1-9H2,(H2,18,19,20,21,24). The minimum atomic E-state index is -3.66. The molecule has 0 spiro atoms. The van der Waals surface area contributed by atoms with Crippen molar-refractivity contribution in [1.29, 1.82) is 0 Å². The van der Waals surface area contributed by atoms with E-state index in [-0.39, 0.29) is 16.5 Å². The molecule has 0 atom stereocenters. The fourth-order valence-corrected chi connectivity index (χ4v) is 4.71. The number of anilines is 2. The van der Waals surface area contributed by atoms with Crippen molar-refractivity contribution in [1.82, 2.24) is 24.5 Å². The quantitative estimate of drug-likeness (QED) is 0.650. The summed E-state index contributed by atoms with van der Waals surface area (Å²) in [5, 5.41) is 9.45. The molecule has 2 aromatic heterocycles. The molecule has 0 unspecified atom stereocenters. The fraction of sp³-hybridized carbons (Fsp3) is 0.562. The summed E-state index contributed by atoms with van der Waals surface area (Å²) in [5.74, 6) is 0.277. The number of hydrogen-bond donors (Lipinski definition) is 3. The first kappa shape index (κ1) is 18.9. The first-order chi connectivity index (χ1) is 13.5. The van der Waals surface area contributed by atoms with Crippen LogP contribution in [-0.4, -0.2) is 78.2 Å². The second kappa shape index (κ2) is 7.89. The van der Waals surface area contributed by atoms with Crippen molar-refractivity contribution >= 4 is 27.8 Å². The Morgan fingerprint density at radius 2 is 1.89 bits per heavy atom. The van der Waals surface area contributed by atoms with Crippen LogP contribution in [0.15, 0.2) is 17.2 Å². The molecule has 11 nitrogen and oxygen atoms in total. The van der Waals surface area contributed by atoms with Crippen LogP contribution < -0.4 is 10.2 Å².